The minimum absolute atomic E-state index is 0.00315. The summed E-state index contributed by atoms with van der Waals surface area (Å²) in [6, 6.07) is 7.81. The Kier molecular flexibility index (Phi) is 14.0. The number of rotatable bonds is 18. The maximum Gasteiger partial charge on any atom is 0.264 e. The van der Waals surface area contributed by atoms with Crippen LogP contribution in [0.1, 0.15) is 83.1 Å². The van der Waals surface area contributed by atoms with Crippen molar-refractivity contribution in [2.24, 2.45) is 0 Å². The Balaban J connectivity index is 2.32. The predicted octanol–water partition coefficient (Wildman–Crippen LogP) is 5.87. The highest BCUT2D eigenvalue weighted by Crippen LogP contribution is 2.17. The second kappa shape index (κ2) is 15.7. The van der Waals surface area contributed by atoms with Gasteiger partial charge in [0.25, 0.3) is 10.1 Å². The molecule has 0 unspecified atom stereocenters. The van der Waals surface area contributed by atoms with E-state index in [1.807, 2.05) is 24.3 Å². The van der Waals surface area contributed by atoms with E-state index in [0.717, 1.165) is 30.4 Å². The molecule has 0 amide bonds. The summed E-state index contributed by atoms with van der Waals surface area (Å²) in [5, 5.41) is 0. The van der Waals surface area contributed by atoms with Gasteiger partial charge in [0.15, 0.2) is 0 Å². The molecule has 1 aromatic rings. The predicted molar refractivity (Wildman–Crippen MR) is 119 cm³/mol. The van der Waals surface area contributed by atoms with Crippen LogP contribution in [-0.2, 0) is 25.6 Å². The molecular formula is C23H40O5S. The zero-order chi connectivity index (χ0) is 21.4. The van der Waals surface area contributed by atoms with E-state index in [1.165, 1.54) is 51.4 Å². The largest absolute Gasteiger partial charge is 0.497 e. The summed E-state index contributed by atoms with van der Waals surface area (Å²) in [5.74, 6) is 0.821. The number of hydrogen-bond donors (Lipinski definition) is 0. The van der Waals surface area contributed by atoms with E-state index in [-0.39, 0.29) is 12.7 Å². The smallest absolute Gasteiger partial charge is 0.264 e. The topological polar surface area (TPSA) is 61.8 Å². The SMILES string of the molecule is CCCCCCCCCCC[C@H](CCOS(C)(=O)=O)OCc1ccc(OC)cc1. The first-order valence-corrected chi connectivity index (χ1v) is 12.8. The van der Waals surface area contributed by atoms with Crippen molar-refractivity contribution in [3.05, 3.63) is 29.8 Å². The van der Waals surface area contributed by atoms with Gasteiger partial charge >= 0.3 is 0 Å². The van der Waals surface area contributed by atoms with Crippen LogP contribution in [0.3, 0.4) is 0 Å². The van der Waals surface area contributed by atoms with Crippen LogP contribution in [0.5, 0.6) is 5.75 Å². The summed E-state index contributed by atoms with van der Waals surface area (Å²) < 4.78 is 38.6. The molecule has 1 rings (SSSR count). The van der Waals surface area contributed by atoms with E-state index in [9.17, 15) is 8.42 Å². The molecule has 1 aromatic carbocycles. The minimum atomic E-state index is -3.41. The molecule has 6 heteroatoms. The van der Waals surface area contributed by atoms with Gasteiger partial charge in [-0.15, -0.1) is 0 Å². The molecule has 0 aromatic heterocycles. The van der Waals surface area contributed by atoms with Gasteiger partial charge in [-0.05, 0) is 30.5 Å². The van der Waals surface area contributed by atoms with Crippen LogP contribution in [0.4, 0.5) is 0 Å². The fourth-order valence-electron chi connectivity index (χ4n) is 3.26. The average Bonchev–Trinajstić information content (AvgIpc) is 2.69. The van der Waals surface area contributed by atoms with Crippen molar-refractivity contribution < 1.29 is 22.1 Å². The van der Waals surface area contributed by atoms with Crippen LogP contribution >= 0.6 is 0 Å². The van der Waals surface area contributed by atoms with E-state index in [2.05, 4.69) is 6.92 Å². The van der Waals surface area contributed by atoms with Gasteiger partial charge in [0.1, 0.15) is 5.75 Å². The summed E-state index contributed by atoms with van der Waals surface area (Å²) in [6.45, 7) is 2.92. The highest BCUT2D eigenvalue weighted by Gasteiger charge is 2.12. The molecule has 5 nitrogen and oxygen atoms in total. The van der Waals surface area contributed by atoms with Crippen LogP contribution in [0, 0.1) is 0 Å². The fourth-order valence-corrected chi connectivity index (χ4v) is 3.66. The molecule has 0 aliphatic rings. The molecule has 0 saturated carbocycles. The molecule has 0 aliphatic heterocycles. The average molecular weight is 429 g/mol. The third-order valence-electron chi connectivity index (χ3n) is 5.01. The number of ether oxygens (including phenoxy) is 2. The van der Waals surface area contributed by atoms with Gasteiger partial charge in [-0.25, -0.2) is 0 Å². The Labute approximate surface area is 178 Å². The molecule has 29 heavy (non-hydrogen) atoms. The second-order valence-electron chi connectivity index (χ2n) is 7.71. The van der Waals surface area contributed by atoms with Crippen molar-refractivity contribution in [2.45, 2.75) is 90.3 Å². The first-order valence-electron chi connectivity index (χ1n) is 11.0. The Morgan fingerprint density at radius 3 is 2.00 bits per heavy atom. The standard InChI is InChI=1S/C23H40O5S/c1-4-5-6-7-8-9-10-11-12-13-23(18-19-28-29(3,24)25)27-20-21-14-16-22(26-2)17-15-21/h14-17,23H,4-13,18-20H2,1-3H3/t23-/m1/s1. The van der Waals surface area contributed by atoms with E-state index in [0.29, 0.717) is 13.0 Å². The fraction of sp³-hybridized carbons (Fsp3) is 0.739. The second-order valence-corrected chi connectivity index (χ2v) is 9.36. The molecule has 0 spiro atoms. The van der Waals surface area contributed by atoms with Gasteiger partial charge < -0.3 is 9.47 Å². The lowest BCUT2D eigenvalue weighted by Crippen LogP contribution is -2.17. The van der Waals surface area contributed by atoms with Crippen LogP contribution in [-0.4, -0.2) is 34.5 Å². The Morgan fingerprint density at radius 1 is 0.862 bits per heavy atom. The summed E-state index contributed by atoms with van der Waals surface area (Å²) in [6.07, 6.45) is 14.1. The van der Waals surface area contributed by atoms with Gasteiger partial charge in [-0.3, -0.25) is 4.18 Å². The van der Waals surface area contributed by atoms with E-state index in [1.54, 1.807) is 7.11 Å². The summed E-state index contributed by atoms with van der Waals surface area (Å²) >= 11 is 0. The van der Waals surface area contributed by atoms with E-state index < -0.39 is 10.1 Å². The van der Waals surface area contributed by atoms with E-state index >= 15 is 0 Å². The summed E-state index contributed by atoms with van der Waals surface area (Å²) in [4.78, 5) is 0. The van der Waals surface area contributed by atoms with Gasteiger partial charge in [0.05, 0.1) is 32.7 Å². The third-order valence-corrected chi connectivity index (χ3v) is 5.61. The molecule has 0 saturated heterocycles. The molecule has 0 N–H and O–H groups in total. The zero-order valence-corrected chi connectivity index (χ0v) is 19.3. The van der Waals surface area contributed by atoms with Crippen molar-refractivity contribution in [2.75, 3.05) is 20.0 Å². The number of methoxy groups -OCH3 is 1. The Hall–Kier alpha value is -1.11. The molecule has 0 aliphatic carbocycles. The van der Waals surface area contributed by atoms with Gasteiger partial charge in [-0.1, -0.05) is 76.8 Å². The maximum absolute atomic E-state index is 11.2. The normalized spacial score (nSPS) is 12.8. The lowest BCUT2D eigenvalue weighted by molar-refractivity contribution is 0.0201. The monoisotopic (exact) mass is 428 g/mol. The summed E-state index contributed by atoms with van der Waals surface area (Å²) in [7, 11) is -1.76. The van der Waals surface area contributed by atoms with Crippen LogP contribution < -0.4 is 4.74 Å². The highest BCUT2D eigenvalue weighted by atomic mass is 32.2. The van der Waals surface area contributed by atoms with Crippen molar-refractivity contribution in [1.29, 1.82) is 0 Å². The van der Waals surface area contributed by atoms with Crippen LogP contribution in [0.15, 0.2) is 24.3 Å². The van der Waals surface area contributed by atoms with Crippen molar-refractivity contribution in [3.8, 4) is 5.75 Å². The molecular weight excluding hydrogens is 388 g/mol. The van der Waals surface area contributed by atoms with Gasteiger partial charge in [0, 0.05) is 0 Å². The van der Waals surface area contributed by atoms with E-state index in [4.69, 9.17) is 13.7 Å². The summed E-state index contributed by atoms with van der Waals surface area (Å²) in [5.41, 5.74) is 1.08. The lowest BCUT2D eigenvalue weighted by Gasteiger charge is -2.18. The third kappa shape index (κ3) is 14.5. The molecule has 168 valence electrons. The van der Waals surface area contributed by atoms with Crippen LogP contribution in [0.25, 0.3) is 0 Å². The maximum atomic E-state index is 11.2. The van der Waals surface area contributed by atoms with Gasteiger partial charge in [-0.2, -0.15) is 8.42 Å². The number of hydrogen-bond acceptors (Lipinski definition) is 5. The molecule has 0 heterocycles. The number of benzene rings is 1. The van der Waals surface area contributed by atoms with Crippen LogP contribution in [0.2, 0.25) is 0 Å². The zero-order valence-electron chi connectivity index (χ0n) is 18.5. The number of unbranched alkanes of at least 4 members (excludes halogenated alkanes) is 8. The first-order chi connectivity index (χ1) is 13.9. The molecule has 1 atom stereocenters. The quantitative estimate of drug-likeness (QED) is 0.216. The van der Waals surface area contributed by atoms with Crippen molar-refractivity contribution in [3.63, 3.8) is 0 Å². The minimum Gasteiger partial charge on any atom is -0.497 e. The Bertz CT molecular complexity index is 613. The lowest BCUT2D eigenvalue weighted by atomic mass is 10.0. The Morgan fingerprint density at radius 2 is 1.45 bits per heavy atom. The molecule has 0 fully saturated rings. The highest BCUT2D eigenvalue weighted by molar-refractivity contribution is 7.85. The van der Waals surface area contributed by atoms with Crippen molar-refractivity contribution >= 4 is 10.1 Å². The molecule has 0 radical (unpaired) electrons. The molecule has 0 bridgehead atoms. The first kappa shape index (κ1) is 25.9. The van der Waals surface area contributed by atoms with Crippen molar-refractivity contribution in [1.82, 2.24) is 0 Å². The van der Waals surface area contributed by atoms with Gasteiger partial charge in [0.2, 0.25) is 0 Å².